The molecule has 1 atom stereocenters. The number of carbonyl (C=O) groups is 1. The van der Waals surface area contributed by atoms with E-state index in [1.165, 1.54) is 0 Å². The lowest BCUT2D eigenvalue weighted by Gasteiger charge is -2.33. The standard InChI is InChI=1S/C19H29N3O3/c1-24-15-9-14(10-16(11-15)25-2)3-6-21-18(23)17-12-19(13-22-17)4-7-20-8-5-19/h9-11,17,20,22H,3-8,12-13H2,1-2H3,(H,21,23). The quantitative estimate of drug-likeness (QED) is 0.719. The summed E-state index contributed by atoms with van der Waals surface area (Å²) in [6, 6.07) is 5.75. The van der Waals surface area contributed by atoms with Crippen molar-refractivity contribution >= 4 is 5.91 Å². The number of amides is 1. The van der Waals surface area contributed by atoms with Crippen LogP contribution in [0.3, 0.4) is 0 Å². The molecular formula is C19H29N3O3. The molecule has 0 aromatic heterocycles. The van der Waals surface area contributed by atoms with Crippen molar-refractivity contribution in [2.24, 2.45) is 5.41 Å². The van der Waals surface area contributed by atoms with Gasteiger partial charge in [-0.15, -0.1) is 0 Å². The maximum atomic E-state index is 12.5. The minimum atomic E-state index is -0.0575. The van der Waals surface area contributed by atoms with E-state index in [-0.39, 0.29) is 11.9 Å². The summed E-state index contributed by atoms with van der Waals surface area (Å²) in [6.07, 6.45) is 4.02. The van der Waals surface area contributed by atoms with Crippen LogP contribution in [0, 0.1) is 5.41 Å². The molecule has 0 saturated carbocycles. The summed E-state index contributed by atoms with van der Waals surface area (Å²) >= 11 is 0. The number of ether oxygens (including phenoxy) is 2. The van der Waals surface area contributed by atoms with Crippen molar-refractivity contribution in [2.75, 3.05) is 40.4 Å². The molecule has 25 heavy (non-hydrogen) atoms. The highest BCUT2D eigenvalue weighted by Gasteiger charge is 2.41. The van der Waals surface area contributed by atoms with Gasteiger partial charge in [-0.25, -0.2) is 0 Å². The van der Waals surface area contributed by atoms with Gasteiger partial charge in [-0.2, -0.15) is 0 Å². The number of piperidine rings is 1. The molecule has 138 valence electrons. The Balaban J connectivity index is 1.48. The van der Waals surface area contributed by atoms with Gasteiger partial charge in [0.05, 0.1) is 20.3 Å². The summed E-state index contributed by atoms with van der Waals surface area (Å²) in [5.74, 6) is 1.65. The zero-order valence-electron chi connectivity index (χ0n) is 15.2. The van der Waals surface area contributed by atoms with E-state index >= 15 is 0 Å². The number of hydrogen-bond donors (Lipinski definition) is 3. The molecule has 2 fully saturated rings. The van der Waals surface area contributed by atoms with Gasteiger partial charge in [0.15, 0.2) is 0 Å². The molecule has 0 aliphatic carbocycles. The Labute approximate surface area is 149 Å². The van der Waals surface area contributed by atoms with Gasteiger partial charge in [0.25, 0.3) is 0 Å². The number of hydrogen-bond acceptors (Lipinski definition) is 5. The normalized spacial score (nSPS) is 21.9. The van der Waals surface area contributed by atoms with Gasteiger partial charge in [0, 0.05) is 19.2 Å². The highest BCUT2D eigenvalue weighted by atomic mass is 16.5. The highest BCUT2D eigenvalue weighted by Crippen LogP contribution is 2.37. The Morgan fingerprint density at radius 3 is 2.52 bits per heavy atom. The van der Waals surface area contributed by atoms with Gasteiger partial charge in [-0.05, 0) is 61.9 Å². The number of methoxy groups -OCH3 is 2. The molecule has 0 bridgehead atoms. The first-order valence-corrected chi connectivity index (χ1v) is 9.08. The van der Waals surface area contributed by atoms with Crippen molar-refractivity contribution < 1.29 is 14.3 Å². The third kappa shape index (κ3) is 4.44. The monoisotopic (exact) mass is 347 g/mol. The van der Waals surface area contributed by atoms with Crippen LogP contribution in [-0.2, 0) is 11.2 Å². The molecule has 3 rings (SSSR count). The highest BCUT2D eigenvalue weighted by molar-refractivity contribution is 5.82. The zero-order valence-corrected chi connectivity index (χ0v) is 15.2. The Hall–Kier alpha value is -1.79. The first kappa shape index (κ1) is 18.0. The fraction of sp³-hybridized carbons (Fsp3) is 0.632. The van der Waals surface area contributed by atoms with Crippen LogP contribution in [0.15, 0.2) is 18.2 Å². The molecule has 6 heteroatoms. The summed E-state index contributed by atoms with van der Waals surface area (Å²) < 4.78 is 10.6. The van der Waals surface area contributed by atoms with Crippen LogP contribution < -0.4 is 25.4 Å². The van der Waals surface area contributed by atoms with Crippen LogP contribution in [0.4, 0.5) is 0 Å². The molecule has 1 amide bonds. The van der Waals surface area contributed by atoms with Gasteiger partial charge >= 0.3 is 0 Å². The van der Waals surface area contributed by atoms with E-state index < -0.39 is 0 Å². The van der Waals surface area contributed by atoms with E-state index in [1.54, 1.807) is 14.2 Å². The number of rotatable bonds is 6. The van der Waals surface area contributed by atoms with Gasteiger partial charge in [-0.3, -0.25) is 4.79 Å². The van der Waals surface area contributed by atoms with Crippen molar-refractivity contribution in [3.05, 3.63) is 23.8 Å². The lowest BCUT2D eigenvalue weighted by atomic mass is 9.77. The third-order valence-corrected chi connectivity index (χ3v) is 5.47. The van der Waals surface area contributed by atoms with Crippen LogP contribution in [0.1, 0.15) is 24.8 Å². The lowest BCUT2D eigenvalue weighted by molar-refractivity contribution is -0.122. The van der Waals surface area contributed by atoms with Gasteiger partial charge < -0.3 is 25.4 Å². The Morgan fingerprint density at radius 1 is 1.20 bits per heavy atom. The van der Waals surface area contributed by atoms with Crippen molar-refractivity contribution in [1.29, 1.82) is 0 Å². The minimum Gasteiger partial charge on any atom is -0.497 e. The first-order valence-electron chi connectivity index (χ1n) is 9.08. The number of nitrogens with one attached hydrogen (secondary N) is 3. The van der Waals surface area contributed by atoms with E-state index in [0.717, 1.165) is 62.4 Å². The molecular weight excluding hydrogens is 318 g/mol. The maximum absolute atomic E-state index is 12.5. The molecule has 1 aromatic rings. The van der Waals surface area contributed by atoms with Crippen LogP contribution in [-0.4, -0.2) is 52.3 Å². The van der Waals surface area contributed by atoms with Crippen molar-refractivity contribution in [3.8, 4) is 11.5 Å². The fourth-order valence-corrected chi connectivity index (χ4v) is 3.90. The second-order valence-electron chi connectivity index (χ2n) is 7.15. The Kier molecular flexibility index (Phi) is 5.81. The number of carbonyl (C=O) groups excluding carboxylic acids is 1. The SMILES string of the molecule is COc1cc(CCNC(=O)C2CC3(CCNCC3)CN2)cc(OC)c1. The second-order valence-corrected chi connectivity index (χ2v) is 7.15. The topological polar surface area (TPSA) is 71.6 Å². The average Bonchev–Trinajstić information content (AvgIpc) is 3.05. The molecule has 2 aliphatic rings. The van der Waals surface area contributed by atoms with Crippen LogP contribution >= 0.6 is 0 Å². The predicted molar refractivity (Wildman–Crippen MR) is 97.2 cm³/mol. The Bertz CT molecular complexity index is 577. The van der Waals surface area contributed by atoms with Crippen molar-refractivity contribution in [3.63, 3.8) is 0 Å². The molecule has 2 heterocycles. The summed E-state index contributed by atoms with van der Waals surface area (Å²) in [4.78, 5) is 12.5. The van der Waals surface area contributed by atoms with Crippen LogP contribution in [0.2, 0.25) is 0 Å². The largest absolute Gasteiger partial charge is 0.497 e. The summed E-state index contributed by atoms with van der Waals surface area (Å²) in [5.41, 5.74) is 1.40. The smallest absolute Gasteiger partial charge is 0.237 e. The molecule has 2 saturated heterocycles. The van der Waals surface area contributed by atoms with Gasteiger partial charge in [0.2, 0.25) is 5.91 Å². The average molecular weight is 347 g/mol. The second kappa shape index (κ2) is 8.06. The van der Waals surface area contributed by atoms with Crippen LogP contribution in [0.25, 0.3) is 0 Å². The fourth-order valence-electron chi connectivity index (χ4n) is 3.90. The predicted octanol–water partition coefficient (Wildman–Crippen LogP) is 1.09. The minimum absolute atomic E-state index is 0.0575. The molecule has 0 radical (unpaired) electrons. The molecule has 3 N–H and O–H groups in total. The van der Waals surface area contributed by atoms with E-state index in [4.69, 9.17) is 9.47 Å². The third-order valence-electron chi connectivity index (χ3n) is 5.47. The summed E-state index contributed by atoms with van der Waals surface area (Å²) in [5, 5.41) is 9.90. The molecule has 1 spiro atoms. The molecule has 1 aromatic carbocycles. The summed E-state index contributed by atoms with van der Waals surface area (Å²) in [7, 11) is 3.28. The Morgan fingerprint density at radius 2 is 1.88 bits per heavy atom. The van der Waals surface area contributed by atoms with E-state index in [9.17, 15) is 4.79 Å². The first-order chi connectivity index (χ1) is 12.1. The zero-order chi connectivity index (χ0) is 17.7. The molecule has 2 aliphatic heterocycles. The van der Waals surface area contributed by atoms with Crippen LogP contribution in [0.5, 0.6) is 11.5 Å². The van der Waals surface area contributed by atoms with Crippen molar-refractivity contribution in [2.45, 2.75) is 31.7 Å². The molecule has 1 unspecified atom stereocenters. The van der Waals surface area contributed by atoms with Gasteiger partial charge in [-0.1, -0.05) is 0 Å². The van der Waals surface area contributed by atoms with E-state index in [1.807, 2.05) is 18.2 Å². The van der Waals surface area contributed by atoms with E-state index in [0.29, 0.717) is 12.0 Å². The summed E-state index contributed by atoms with van der Waals surface area (Å²) in [6.45, 7) is 3.70. The number of benzene rings is 1. The van der Waals surface area contributed by atoms with E-state index in [2.05, 4.69) is 16.0 Å². The molecule has 6 nitrogen and oxygen atoms in total. The van der Waals surface area contributed by atoms with Gasteiger partial charge in [0.1, 0.15) is 11.5 Å². The maximum Gasteiger partial charge on any atom is 0.237 e. The van der Waals surface area contributed by atoms with Crippen molar-refractivity contribution in [1.82, 2.24) is 16.0 Å². The lowest BCUT2D eigenvalue weighted by Crippen LogP contribution is -2.41.